The predicted molar refractivity (Wildman–Crippen MR) is 151 cm³/mol. The van der Waals surface area contributed by atoms with E-state index in [1.165, 1.54) is 0 Å². The minimum Gasteiger partial charge on any atom is -0.490 e. The first-order chi connectivity index (χ1) is 18.8. The summed E-state index contributed by atoms with van der Waals surface area (Å²) < 4.78 is 7.61. The summed E-state index contributed by atoms with van der Waals surface area (Å²) in [7, 11) is 0. The quantitative estimate of drug-likeness (QED) is 0.258. The molecule has 200 valence electrons. The summed E-state index contributed by atoms with van der Waals surface area (Å²) in [6.45, 7) is 0.887. The lowest BCUT2D eigenvalue weighted by Gasteiger charge is -2.32. The molecule has 1 aliphatic rings. The fraction of sp³-hybridized carbons (Fsp3) is 0.207. The number of carboxylic acids is 1. The molecule has 1 saturated heterocycles. The molecule has 0 spiro atoms. The molecule has 0 radical (unpaired) electrons. The average molecular weight is 585 g/mol. The Balaban J connectivity index is 1.48. The van der Waals surface area contributed by atoms with Gasteiger partial charge in [-0.25, -0.2) is 4.68 Å². The third-order valence-electron chi connectivity index (χ3n) is 6.56. The van der Waals surface area contributed by atoms with Crippen LogP contribution in [0.5, 0.6) is 5.75 Å². The molecular weight excluding hydrogens is 561 g/mol. The van der Waals surface area contributed by atoms with Gasteiger partial charge in [0.1, 0.15) is 11.9 Å². The van der Waals surface area contributed by atoms with Crippen LogP contribution in [0.1, 0.15) is 28.9 Å². The SMILES string of the molecule is O=C(O)Cc1c(C(=O)N2CCC(Oc3ccc(Cl)cc3)CC2)nn(-c2ccccc2Cl)c1-c1ccc(Cl)cc1. The number of carbonyl (C=O) groups is 2. The van der Waals surface area contributed by atoms with Crippen molar-refractivity contribution in [3.63, 3.8) is 0 Å². The summed E-state index contributed by atoms with van der Waals surface area (Å²) in [4.78, 5) is 27.5. The van der Waals surface area contributed by atoms with Gasteiger partial charge in [0.25, 0.3) is 5.91 Å². The van der Waals surface area contributed by atoms with E-state index in [2.05, 4.69) is 5.10 Å². The molecule has 1 aromatic heterocycles. The molecule has 1 N–H and O–H groups in total. The summed E-state index contributed by atoms with van der Waals surface area (Å²) in [5.74, 6) is -0.690. The van der Waals surface area contributed by atoms with Gasteiger partial charge in [-0.05, 0) is 48.5 Å². The van der Waals surface area contributed by atoms with Gasteiger partial charge in [0, 0.05) is 47.1 Å². The number of hydrogen-bond acceptors (Lipinski definition) is 4. The monoisotopic (exact) mass is 583 g/mol. The Morgan fingerprint density at radius 1 is 0.897 bits per heavy atom. The van der Waals surface area contributed by atoms with Crippen molar-refractivity contribution in [3.05, 3.63) is 99.1 Å². The van der Waals surface area contributed by atoms with E-state index in [1.807, 2.05) is 12.1 Å². The standard InChI is InChI=1S/C29H24Cl3N3O4/c30-19-7-5-18(6-8-19)28-23(17-26(36)37)27(33-35(28)25-4-2-1-3-24(25)32)29(38)34-15-13-22(14-16-34)39-21-11-9-20(31)10-12-21/h1-12,22H,13-17H2,(H,36,37). The van der Waals surface area contributed by atoms with Gasteiger partial charge in [-0.3, -0.25) is 9.59 Å². The van der Waals surface area contributed by atoms with Crippen LogP contribution in [0.3, 0.4) is 0 Å². The number of likely N-dealkylation sites (tertiary alicyclic amines) is 1. The second-order valence-electron chi connectivity index (χ2n) is 9.18. The average Bonchev–Trinajstić information content (AvgIpc) is 3.29. The zero-order valence-electron chi connectivity index (χ0n) is 20.7. The number of rotatable bonds is 7. The number of amides is 1. The number of aliphatic carboxylic acids is 1. The number of benzene rings is 3. The Kier molecular flexibility index (Phi) is 8.12. The van der Waals surface area contributed by atoms with Crippen LogP contribution in [0.15, 0.2) is 72.8 Å². The van der Waals surface area contributed by atoms with Gasteiger partial charge in [0.15, 0.2) is 5.69 Å². The van der Waals surface area contributed by atoms with Crippen LogP contribution in [-0.4, -0.2) is 50.9 Å². The lowest BCUT2D eigenvalue weighted by Crippen LogP contribution is -2.42. The van der Waals surface area contributed by atoms with Crippen molar-refractivity contribution in [3.8, 4) is 22.7 Å². The maximum atomic E-state index is 13.8. The first-order valence-corrected chi connectivity index (χ1v) is 13.5. The Bertz CT molecular complexity index is 1500. The van der Waals surface area contributed by atoms with E-state index in [0.29, 0.717) is 63.5 Å². The highest BCUT2D eigenvalue weighted by Gasteiger charge is 2.32. The van der Waals surface area contributed by atoms with Gasteiger partial charge in [0.05, 0.1) is 22.8 Å². The second-order valence-corrected chi connectivity index (χ2v) is 10.5. The number of piperidine rings is 1. The predicted octanol–water partition coefficient (Wildman–Crippen LogP) is 6.81. The topological polar surface area (TPSA) is 84.7 Å². The van der Waals surface area contributed by atoms with Gasteiger partial charge in [-0.2, -0.15) is 5.10 Å². The van der Waals surface area contributed by atoms with Crippen molar-refractivity contribution in [2.24, 2.45) is 0 Å². The number of carbonyl (C=O) groups excluding carboxylic acids is 1. The summed E-state index contributed by atoms with van der Waals surface area (Å²) in [5, 5.41) is 16.0. The summed E-state index contributed by atoms with van der Waals surface area (Å²) in [5.41, 5.74) is 2.07. The third-order valence-corrected chi connectivity index (χ3v) is 7.38. The number of para-hydroxylation sites is 1. The van der Waals surface area contributed by atoms with Crippen LogP contribution in [-0.2, 0) is 11.2 Å². The molecular formula is C29H24Cl3N3O4. The molecule has 1 fully saturated rings. The normalized spacial score (nSPS) is 13.9. The van der Waals surface area contributed by atoms with Crippen molar-refractivity contribution < 1.29 is 19.4 Å². The minimum atomic E-state index is -1.08. The van der Waals surface area contributed by atoms with E-state index in [-0.39, 0.29) is 24.1 Å². The maximum Gasteiger partial charge on any atom is 0.307 e. The molecule has 7 nitrogen and oxygen atoms in total. The molecule has 0 bridgehead atoms. The molecule has 1 aliphatic heterocycles. The van der Waals surface area contributed by atoms with E-state index in [0.717, 1.165) is 5.75 Å². The molecule has 1 amide bonds. The van der Waals surface area contributed by atoms with Crippen molar-refractivity contribution >= 4 is 46.7 Å². The molecule has 0 unspecified atom stereocenters. The van der Waals surface area contributed by atoms with E-state index >= 15 is 0 Å². The molecule has 4 aromatic rings. The number of ether oxygens (including phenoxy) is 1. The Morgan fingerprint density at radius 3 is 2.13 bits per heavy atom. The number of nitrogens with zero attached hydrogens (tertiary/aromatic N) is 3. The van der Waals surface area contributed by atoms with Gasteiger partial charge in [-0.1, -0.05) is 59.1 Å². The second kappa shape index (κ2) is 11.7. The van der Waals surface area contributed by atoms with Crippen LogP contribution in [0.2, 0.25) is 15.1 Å². The number of halogens is 3. The number of hydrogen-bond donors (Lipinski definition) is 1. The first kappa shape index (κ1) is 27.1. The van der Waals surface area contributed by atoms with E-state index in [1.54, 1.807) is 70.2 Å². The molecule has 2 heterocycles. The lowest BCUT2D eigenvalue weighted by molar-refractivity contribution is -0.136. The molecule has 0 atom stereocenters. The molecule has 10 heteroatoms. The zero-order valence-corrected chi connectivity index (χ0v) is 23.0. The smallest absolute Gasteiger partial charge is 0.307 e. The third kappa shape index (κ3) is 6.06. The summed E-state index contributed by atoms with van der Waals surface area (Å²) >= 11 is 18.6. The highest BCUT2D eigenvalue weighted by atomic mass is 35.5. The van der Waals surface area contributed by atoms with Crippen molar-refractivity contribution in [2.45, 2.75) is 25.4 Å². The highest BCUT2D eigenvalue weighted by molar-refractivity contribution is 6.32. The molecule has 0 saturated carbocycles. The van der Waals surface area contributed by atoms with Gasteiger partial charge in [-0.15, -0.1) is 0 Å². The van der Waals surface area contributed by atoms with E-state index in [4.69, 9.17) is 39.5 Å². The van der Waals surface area contributed by atoms with Gasteiger partial charge >= 0.3 is 5.97 Å². The van der Waals surface area contributed by atoms with Gasteiger partial charge in [0.2, 0.25) is 0 Å². The summed E-state index contributed by atoms with van der Waals surface area (Å²) in [6, 6.07) is 21.2. The maximum absolute atomic E-state index is 13.8. The lowest BCUT2D eigenvalue weighted by atomic mass is 10.0. The number of carboxylic acid groups (broad SMARTS) is 1. The Hall–Kier alpha value is -3.52. The fourth-order valence-electron chi connectivity index (χ4n) is 4.68. The van der Waals surface area contributed by atoms with Gasteiger partial charge < -0.3 is 14.7 Å². The van der Waals surface area contributed by atoms with Crippen LogP contribution >= 0.6 is 34.8 Å². The molecule has 0 aliphatic carbocycles. The largest absolute Gasteiger partial charge is 0.490 e. The van der Waals surface area contributed by atoms with Crippen LogP contribution in [0, 0.1) is 0 Å². The minimum absolute atomic E-state index is 0.0565. The Labute approximate surface area is 240 Å². The van der Waals surface area contributed by atoms with Crippen molar-refractivity contribution in [1.29, 1.82) is 0 Å². The highest BCUT2D eigenvalue weighted by Crippen LogP contribution is 2.34. The molecule has 39 heavy (non-hydrogen) atoms. The van der Waals surface area contributed by atoms with E-state index < -0.39 is 5.97 Å². The van der Waals surface area contributed by atoms with Crippen molar-refractivity contribution in [1.82, 2.24) is 14.7 Å². The van der Waals surface area contributed by atoms with E-state index in [9.17, 15) is 14.7 Å². The van der Waals surface area contributed by atoms with Crippen LogP contribution < -0.4 is 4.74 Å². The van der Waals surface area contributed by atoms with Crippen LogP contribution in [0.25, 0.3) is 16.9 Å². The number of aromatic nitrogens is 2. The molecule has 3 aromatic carbocycles. The Morgan fingerprint density at radius 2 is 1.51 bits per heavy atom. The zero-order chi connectivity index (χ0) is 27.5. The van der Waals surface area contributed by atoms with Crippen LogP contribution in [0.4, 0.5) is 0 Å². The molecule has 5 rings (SSSR count). The fourth-order valence-corrected chi connectivity index (χ4v) is 5.14. The summed E-state index contributed by atoms with van der Waals surface area (Å²) in [6.07, 6.45) is 0.800. The first-order valence-electron chi connectivity index (χ1n) is 12.4. The van der Waals surface area contributed by atoms with Crippen molar-refractivity contribution in [2.75, 3.05) is 13.1 Å².